The molecule has 2 rings (SSSR count). The summed E-state index contributed by atoms with van der Waals surface area (Å²) in [7, 11) is 0. The first-order valence-corrected chi connectivity index (χ1v) is 7.80. The zero-order chi connectivity index (χ0) is 14.4. The summed E-state index contributed by atoms with van der Waals surface area (Å²) in [5.74, 6) is 0.991. The summed E-state index contributed by atoms with van der Waals surface area (Å²) in [5, 5.41) is 3.50. The second-order valence-corrected chi connectivity index (χ2v) is 5.84. The second kappa shape index (κ2) is 7.44. The minimum Gasteiger partial charge on any atom is -0.312 e. The number of rotatable bonds is 7. The molecule has 1 aliphatic rings. The molecule has 0 bridgehead atoms. The SMILES string of the molecule is CCCC(C)CNCc1ccc(N2CCCC2=O)cc1. The highest BCUT2D eigenvalue weighted by Gasteiger charge is 2.21. The van der Waals surface area contributed by atoms with Crippen LogP contribution in [0.2, 0.25) is 0 Å². The average Bonchev–Trinajstić information content (AvgIpc) is 2.86. The number of nitrogens with zero attached hydrogens (tertiary/aromatic N) is 1. The molecule has 110 valence electrons. The van der Waals surface area contributed by atoms with Crippen LogP contribution in [0.4, 0.5) is 5.69 Å². The molecule has 1 unspecified atom stereocenters. The summed E-state index contributed by atoms with van der Waals surface area (Å²) in [5.41, 5.74) is 2.32. The maximum Gasteiger partial charge on any atom is 0.227 e. The molecule has 1 saturated heterocycles. The fourth-order valence-electron chi connectivity index (χ4n) is 2.77. The van der Waals surface area contributed by atoms with E-state index in [4.69, 9.17) is 0 Å². The van der Waals surface area contributed by atoms with Crippen molar-refractivity contribution in [2.75, 3.05) is 18.0 Å². The number of carbonyl (C=O) groups excluding carboxylic acids is 1. The molecule has 1 aromatic rings. The van der Waals surface area contributed by atoms with Crippen molar-refractivity contribution in [3.05, 3.63) is 29.8 Å². The Balaban J connectivity index is 1.81. The van der Waals surface area contributed by atoms with Gasteiger partial charge < -0.3 is 10.2 Å². The van der Waals surface area contributed by atoms with Crippen LogP contribution < -0.4 is 10.2 Å². The van der Waals surface area contributed by atoms with Crippen molar-refractivity contribution < 1.29 is 4.79 Å². The molecule has 0 aliphatic carbocycles. The molecule has 1 heterocycles. The molecular formula is C17H26N2O. The first-order valence-electron chi connectivity index (χ1n) is 7.80. The van der Waals surface area contributed by atoms with Crippen LogP contribution >= 0.6 is 0 Å². The molecule has 0 aromatic heterocycles. The minimum absolute atomic E-state index is 0.254. The molecule has 0 saturated carbocycles. The van der Waals surface area contributed by atoms with Gasteiger partial charge in [-0.2, -0.15) is 0 Å². The molecule has 3 nitrogen and oxygen atoms in total. The van der Waals surface area contributed by atoms with Crippen LogP contribution in [0.1, 0.15) is 45.1 Å². The van der Waals surface area contributed by atoms with Gasteiger partial charge in [0.15, 0.2) is 0 Å². The molecular weight excluding hydrogens is 248 g/mol. The summed E-state index contributed by atoms with van der Waals surface area (Å²) >= 11 is 0. The predicted octanol–water partition coefficient (Wildman–Crippen LogP) is 3.34. The van der Waals surface area contributed by atoms with Gasteiger partial charge in [-0.05, 0) is 43.0 Å². The molecule has 1 N–H and O–H groups in total. The first-order chi connectivity index (χ1) is 9.70. The highest BCUT2D eigenvalue weighted by Crippen LogP contribution is 2.21. The van der Waals surface area contributed by atoms with E-state index in [0.29, 0.717) is 6.42 Å². The van der Waals surface area contributed by atoms with Gasteiger partial charge in [0.05, 0.1) is 0 Å². The van der Waals surface area contributed by atoms with Crippen molar-refractivity contribution in [3.8, 4) is 0 Å². The molecule has 20 heavy (non-hydrogen) atoms. The van der Waals surface area contributed by atoms with Crippen LogP contribution in [0.5, 0.6) is 0 Å². The van der Waals surface area contributed by atoms with E-state index < -0.39 is 0 Å². The Labute approximate surface area is 122 Å². The Hall–Kier alpha value is -1.35. The first kappa shape index (κ1) is 15.0. The monoisotopic (exact) mass is 274 g/mol. The van der Waals surface area contributed by atoms with E-state index in [0.717, 1.165) is 37.7 Å². The van der Waals surface area contributed by atoms with Crippen LogP contribution in [-0.4, -0.2) is 19.0 Å². The average molecular weight is 274 g/mol. The lowest BCUT2D eigenvalue weighted by molar-refractivity contribution is -0.117. The van der Waals surface area contributed by atoms with Crippen molar-refractivity contribution >= 4 is 11.6 Å². The summed E-state index contributed by atoms with van der Waals surface area (Å²) in [6, 6.07) is 8.38. The molecule has 1 aliphatic heterocycles. The molecule has 1 fully saturated rings. The van der Waals surface area contributed by atoms with Crippen molar-refractivity contribution in [1.82, 2.24) is 5.32 Å². The summed E-state index contributed by atoms with van der Waals surface area (Å²) in [4.78, 5) is 13.6. The highest BCUT2D eigenvalue weighted by molar-refractivity contribution is 5.95. The van der Waals surface area contributed by atoms with E-state index in [1.165, 1.54) is 18.4 Å². The Morgan fingerprint density at radius 1 is 1.30 bits per heavy atom. The third-order valence-corrected chi connectivity index (χ3v) is 3.92. The Bertz CT molecular complexity index is 427. The van der Waals surface area contributed by atoms with Gasteiger partial charge in [-0.1, -0.05) is 32.4 Å². The Morgan fingerprint density at radius 3 is 2.65 bits per heavy atom. The number of carbonyl (C=O) groups is 1. The zero-order valence-corrected chi connectivity index (χ0v) is 12.7. The van der Waals surface area contributed by atoms with Gasteiger partial charge >= 0.3 is 0 Å². The van der Waals surface area contributed by atoms with Crippen LogP contribution in [-0.2, 0) is 11.3 Å². The van der Waals surface area contributed by atoms with Crippen LogP contribution in [0.25, 0.3) is 0 Å². The third-order valence-electron chi connectivity index (χ3n) is 3.92. The standard InChI is InChI=1S/C17H26N2O/c1-3-5-14(2)12-18-13-15-7-9-16(10-8-15)19-11-4-6-17(19)20/h7-10,14,18H,3-6,11-13H2,1-2H3. The van der Waals surface area contributed by atoms with Gasteiger partial charge in [-0.3, -0.25) is 4.79 Å². The van der Waals surface area contributed by atoms with Crippen molar-refractivity contribution in [1.29, 1.82) is 0 Å². The third kappa shape index (κ3) is 4.07. The van der Waals surface area contributed by atoms with Crippen LogP contribution in [0, 0.1) is 5.92 Å². The summed E-state index contributed by atoms with van der Waals surface area (Å²) in [6.45, 7) is 7.36. The van der Waals surface area contributed by atoms with E-state index >= 15 is 0 Å². The Morgan fingerprint density at radius 2 is 2.05 bits per heavy atom. The predicted molar refractivity (Wildman–Crippen MR) is 83.8 cm³/mol. The van der Waals surface area contributed by atoms with Gasteiger partial charge in [-0.15, -0.1) is 0 Å². The lowest BCUT2D eigenvalue weighted by Crippen LogP contribution is -2.23. The maximum absolute atomic E-state index is 11.7. The lowest BCUT2D eigenvalue weighted by atomic mass is 10.1. The minimum atomic E-state index is 0.254. The molecule has 1 aromatic carbocycles. The van der Waals surface area contributed by atoms with Crippen molar-refractivity contribution in [2.45, 2.75) is 46.1 Å². The Kier molecular flexibility index (Phi) is 5.60. The summed E-state index contributed by atoms with van der Waals surface area (Å²) < 4.78 is 0. The molecule has 0 radical (unpaired) electrons. The van der Waals surface area contributed by atoms with Crippen molar-refractivity contribution in [3.63, 3.8) is 0 Å². The normalized spacial score (nSPS) is 16.7. The smallest absolute Gasteiger partial charge is 0.227 e. The second-order valence-electron chi connectivity index (χ2n) is 5.84. The van der Waals surface area contributed by atoms with E-state index in [9.17, 15) is 4.79 Å². The van der Waals surface area contributed by atoms with Crippen molar-refractivity contribution in [2.24, 2.45) is 5.92 Å². The maximum atomic E-state index is 11.7. The quantitative estimate of drug-likeness (QED) is 0.827. The molecule has 1 atom stereocenters. The van der Waals surface area contributed by atoms with E-state index in [1.807, 2.05) is 4.90 Å². The van der Waals surface area contributed by atoms with E-state index in [-0.39, 0.29) is 5.91 Å². The number of hydrogen-bond acceptors (Lipinski definition) is 2. The van der Waals surface area contributed by atoms with Gasteiger partial charge in [0.25, 0.3) is 0 Å². The van der Waals surface area contributed by atoms with Gasteiger partial charge in [0.1, 0.15) is 0 Å². The molecule has 0 spiro atoms. The topological polar surface area (TPSA) is 32.3 Å². The number of hydrogen-bond donors (Lipinski definition) is 1. The van der Waals surface area contributed by atoms with Crippen LogP contribution in [0.3, 0.4) is 0 Å². The number of nitrogens with one attached hydrogen (secondary N) is 1. The fraction of sp³-hybridized carbons (Fsp3) is 0.588. The highest BCUT2D eigenvalue weighted by atomic mass is 16.2. The molecule has 3 heteroatoms. The van der Waals surface area contributed by atoms with Gasteiger partial charge in [-0.25, -0.2) is 0 Å². The number of anilines is 1. The van der Waals surface area contributed by atoms with E-state index in [2.05, 4.69) is 43.4 Å². The van der Waals surface area contributed by atoms with Gasteiger partial charge in [0, 0.05) is 25.2 Å². The molecule has 1 amide bonds. The lowest BCUT2D eigenvalue weighted by Gasteiger charge is -2.16. The number of amides is 1. The van der Waals surface area contributed by atoms with Gasteiger partial charge in [0.2, 0.25) is 5.91 Å². The summed E-state index contributed by atoms with van der Waals surface area (Å²) in [6.07, 6.45) is 4.21. The van der Waals surface area contributed by atoms with Crippen LogP contribution in [0.15, 0.2) is 24.3 Å². The number of benzene rings is 1. The zero-order valence-electron chi connectivity index (χ0n) is 12.7. The fourth-order valence-corrected chi connectivity index (χ4v) is 2.77. The largest absolute Gasteiger partial charge is 0.312 e. The van der Waals surface area contributed by atoms with E-state index in [1.54, 1.807) is 0 Å².